The Hall–Kier alpha value is -2.51. The summed E-state index contributed by atoms with van der Waals surface area (Å²) in [4.78, 5) is 40.6. The summed E-state index contributed by atoms with van der Waals surface area (Å²) in [5, 5.41) is 0.709. The predicted octanol–water partition coefficient (Wildman–Crippen LogP) is 2.18. The van der Waals surface area contributed by atoms with Gasteiger partial charge in [-0.3, -0.25) is 27.9 Å². The zero-order chi connectivity index (χ0) is 30.5. The first-order chi connectivity index (χ1) is 20.4. The Kier molecular flexibility index (Phi) is 8.36. The predicted molar refractivity (Wildman–Crippen MR) is 158 cm³/mol. The lowest BCUT2D eigenvalue weighted by molar-refractivity contribution is -0.0451. The van der Waals surface area contributed by atoms with E-state index in [2.05, 4.69) is 49.4 Å². The van der Waals surface area contributed by atoms with Gasteiger partial charge in [-0.15, -0.1) is 0 Å². The number of nitrogens with one attached hydrogen (secondary N) is 1. The van der Waals surface area contributed by atoms with E-state index < -0.39 is 43.7 Å². The quantitative estimate of drug-likeness (QED) is 0.104. The van der Waals surface area contributed by atoms with E-state index in [1.54, 1.807) is 0 Å². The lowest BCUT2D eigenvalue weighted by Crippen LogP contribution is -2.23. The van der Waals surface area contributed by atoms with Crippen LogP contribution >= 0.6 is 38.1 Å². The van der Waals surface area contributed by atoms with Crippen LogP contribution in [0.25, 0.3) is 22.2 Å². The number of fused-ring (bicyclic) bond motifs is 2. The highest BCUT2D eigenvalue weighted by Gasteiger charge is 2.43. The molecule has 0 radical (unpaired) electrons. The maximum absolute atomic E-state index is 13.4. The molecule has 2 aliphatic rings. The minimum atomic E-state index is -4.12. The summed E-state index contributed by atoms with van der Waals surface area (Å²) in [5.41, 5.74) is 11.8. The Morgan fingerprint density at radius 2 is 1.86 bits per heavy atom. The van der Waals surface area contributed by atoms with Gasteiger partial charge in [0.1, 0.15) is 30.1 Å². The summed E-state index contributed by atoms with van der Waals surface area (Å²) >= 11 is 7.68. The van der Waals surface area contributed by atoms with Crippen molar-refractivity contribution in [1.82, 2.24) is 34.1 Å². The molecule has 7 atom stereocenters. The molecule has 0 aliphatic carbocycles. The number of nitrogens with two attached hydrogens (primary N) is 2. The fourth-order valence-corrected chi connectivity index (χ4v) is 7.16. The highest BCUT2D eigenvalue weighted by atomic mass is 32.7. The van der Waals surface area contributed by atoms with E-state index >= 15 is 0 Å². The second-order valence-corrected chi connectivity index (χ2v) is 15.5. The Labute approximate surface area is 252 Å². The summed E-state index contributed by atoms with van der Waals surface area (Å²) in [6, 6.07) is 1.81. The number of aromatic nitrogens is 7. The Bertz CT molecular complexity index is 1810. The largest absolute Gasteiger partial charge is 0.386 e. The molecule has 0 spiro atoms. The number of imidazole rings is 1. The molecule has 4 unspecified atom stereocenters. The van der Waals surface area contributed by atoms with Crippen molar-refractivity contribution in [2.45, 2.75) is 50.0 Å². The molecule has 4 aromatic rings. The number of nitrogens with zero attached hydrogens (tertiary/aromatic N) is 6. The first kappa shape index (κ1) is 30.5. The lowest BCUT2D eigenvalue weighted by Gasteiger charge is -2.24. The van der Waals surface area contributed by atoms with Gasteiger partial charge in [0.15, 0.2) is 17.4 Å². The molecule has 22 heteroatoms. The molecule has 2 fully saturated rings. The third kappa shape index (κ3) is 6.63. The van der Waals surface area contributed by atoms with E-state index in [9.17, 15) is 18.8 Å². The molecule has 0 amide bonds. The molecular weight excluding hydrogens is 648 g/mol. The van der Waals surface area contributed by atoms with Crippen LogP contribution in [0, 0.1) is 0 Å². The monoisotopic (exact) mass is 675 g/mol. The van der Waals surface area contributed by atoms with Gasteiger partial charge in [0.25, 0.3) is 5.56 Å². The minimum absolute atomic E-state index is 0.0191. The van der Waals surface area contributed by atoms with Gasteiger partial charge in [-0.1, -0.05) is 24.5 Å². The van der Waals surface area contributed by atoms with Crippen molar-refractivity contribution in [1.29, 1.82) is 0 Å². The third-order valence-corrected chi connectivity index (χ3v) is 9.40. The van der Waals surface area contributed by atoms with Gasteiger partial charge in [0.05, 0.1) is 37.1 Å². The van der Waals surface area contributed by atoms with Crippen LogP contribution in [0.4, 0.5) is 11.8 Å². The van der Waals surface area contributed by atoms with Crippen molar-refractivity contribution in [2.24, 2.45) is 0 Å². The van der Waals surface area contributed by atoms with E-state index in [4.69, 9.17) is 34.5 Å². The molecule has 232 valence electrons. The van der Waals surface area contributed by atoms with Gasteiger partial charge in [-0.25, -0.2) is 24.1 Å². The number of H-pyrrole nitrogens is 1. The molecule has 6 heterocycles. The molecule has 43 heavy (non-hydrogen) atoms. The van der Waals surface area contributed by atoms with Crippen LogP contribution in [0.3, 0.4) is 0 Å². The number of rotatable bonds is 10. The van der Waals surface area contributed by atoms with Crippen molar-refractivity contribution in [2.75, 3.05) is 24.7 Å². The number of aromatic amines is 1. The molecule has 0 aromatic carbocycles. The zero-order valence-corrected chi connectivity index (χ0v) is 25.6. The van der Waals surface area contributed by atoms with Gasteiger partial charge in [0, 0.05) is 12.6 Å². The third-order valence-electron chi connectivity index (χ3n) is 6.93. The van der Waals surface area contributed by atoms with Crippen molar-refractivity contribution < 1.29 is 37.1 Å². The van der Waals surface area contributed by atoms with Crippen LogP contribution in [0.2, 0.25) is 0 Å². The van der Waals surface area contributed by atoms with Crippen molar-refractivity contribution in [3.05, 3.63) is 35.3 Å². The van der Waals surface area contributed by atoms with E-state index in [1.165, 1.54) is 17.2 Å². The Morgan fingerprint density at radius 1 is 1.07 bits per heavy atom. The molecular formula is C21H27N9O9P2S2. The normalized spacial score (nSPS) is 27.1. The van der Waals surface area contributed by atoms with Crippen molar-refractivity contribution in [3.8, 4) is 0 Å². The number of hydrogen-bond donors (Lipinski definition) is 6. The van der Waals surface area contributed by atoms with Gasteiger partial charge >= 0.3 is 13.6 Å². The SMILES string of the molecule is Nc1nc2c(ncn2[C@@H]2O[C@H](COP(=O)(O)S)CC2OP(=O)(S)OCC2CC[C@H](n3ccc4c(N)ncnc43)O2)c(=O)[nH]1. The molecule has 4 aromatic heterocycles. The molecule has 2 saturated heterocycles. The number of hydrogen-bond acceptors (Lipinski definition) is 14. The fraction of sp³-hybridized carbons (Fsp3) is 0.476. The second-order valence-electron chi connectivity index (χ2n) is 9.86. The van der Waals surface area contributed by atoms with E-state index in [0.29, 0.717) is 29.7 Å². The van der Waals surface area contributed by atoms with Crippen LogP contribution in [0.15, 0.2) is 29.7 Å². The van der Waals surface area contributed by atoms with Crippen LogP contribution < -0.4 is 17.0 Å². The van der Waals surface area contributed by atoms with E-state index in [0.717, 1.165) is 0 Å². The van der Waals surface area contributed by atoms with Gasteiger partial charge < -0.3 is 30.4 Å². The van der Waals surface area contributed by atoms with Crippen LogP contribution in [-0.4, -0.2) is 70.5 Å². The average Bonchev–Trinajstić information content (AvgIpc) is 3.71. The van der Waals surface area contributed by atoms with Crippen molar-refractivity contribution >= 4 is 72.1 Å². The summed E-state index contributed by atoms with van der Waals surface area (Å²) in [6.45, 7) is -8.58. The maximum Gasteiger partial charge on any atom is 0.386 e. The summed E-state index contributed by atoms with van der Waals surface area (Å²) in [5.74, 6) is 0.205. The fourth-order valence-electron chi connectivity index (χ4n) is 5.09. The van der Waals surface area contributed by atoms with Gasteiger partial charge in [-0.2, -0.15) is 4.98 Å². The van der Waals surface area contributed by atoms with Crippen LogP contribution in [0.5, 0.6) is 0 Å². The topological polar surface area (TPSA) is 247 Å². The highest BCUT2D eigenvalue weighted by Crippen LogP contribution is 2.57. The van der Waals surface area contributed by atoms with Crippen LogP contribution in [0.1, 0.15) is 31.7 Å². The van der Waals surface area contributed by atoms with Gasteiger partial charge in [0.2, 0.25) is 5.95 Å². The van der Waals surface area contributed by atoms with Crippen molar-refractivity contribution in [3.63, 3.8) is 0 Å². The van der Waals surface area contributed by atoms with E-state index in [-0.39, 0.29) is 43.0 Å². The lowest BCUT2D eigenvalue weighted by atomic mass is 10.2. The second kappa shape index (κ2) is 11.8. The first-order valence-electron chi connectivity index (χ1n) is 12.8. The standard InChI is InChI=1S/C21H27N9O9P2S2/c22-16-12-3-4-29(17(12)25-8-24-16)14-2-1-10(37-14)6-36-41(34,43)39-13-5-11(7-35-40(32,33)42)38-20(13)30-9-26-15-18(30)27-21(23)28-19(15)31/h3-4,8-11,13-14,20H,1-2,5-7H2,(H,34,43)(H2,22,24,25)(H2,32,33,42)(H3,23,27,28,31)/t10?,11-,13?,14+,20+,41?/m0/s1. The number of nitrogen functional groups attached to an aromatic ring is 2. The van der Waals surface area contributed by atoms with Gasteiger partial charge in [-0.05, 0) is 18.9 Å². The minimum Gasteiger partial charge on any atom is -0.383 e. The number of ether oxygens (including phenoxy) is 2. The summed E-state index contributed by atoms with van der Waals surface area (Å²) < 4.78 is 56.6. The molecule has 2 aliphatic heterocycles. The smallest absolute Gasteiger partial charge is 0.383 e. The number of anilines is 2. The van der Waals surface area contributed by atoms with Crippen LogP contribution in [-0.2, 0) is 32.2 Å². The Balaban J connectivity index is 1.14. The maximum atomic E-state index is 13.4. The average molecular weight is 676 g/mol. The molecule has 6 N–H and O–H groups in total. The summed E-state index contributed by atoms with van der Waals surface area (Å²) in [6.07, 6.45) is 2.13. The van der Waals surface area contributed by atoms with E-state index in [1.807, 2.05) is 16.8 Å². The number of thiol groups is 2. The molecule has 6 rings (SSSR count). The molecule has 0 bridgehead atoms. The Morgan fingerprint density at radius 3 is 2.65 bits per heavy atom. The zero-order valence-electron chi connectivity index (χ0n) is 22.1. The summed E-state index contributed by atoms with van der Waals surface area (Å²) in [7, 11) is 0. The first-order valence-corrected chi connectivity index (χ1v) is 18.3. The molecule has 18 nitrogen and oxygen atoms in total. The molecule has 0 saturated carbocycles. The highest BCUT2D eigenvalue weighted by molar-refractivity contribution is 8.44.